The fraction of sp³-hybridized carbons (Fsp3) is 0.182. The minimum absolute atomic E-state index is 0.0982. The number of nitrogens with zero attached hydrogens (tertiary/aromatic N) is 5. The molecular formula is C22H20ClN5OS. The molecule has 3 rings (SSSR count). The Hall–Kier alpha value is -3.08. The van der Waals surface area contributed by atoms with Gasteiger partial charge in [-0.05, 0) is 24.3 Å². The first-order valence-corrected chi connectivity index (χ1v) is 10.7. The Balaban J connectivity index is 1.79. The molecule has 8 heteroatoms. The molecule has 2 aromatic carbocycles. The number of thioether (sulfide) groups is 1. The number of carbonyl (C=O) groups excluding carboxylic acids is 1. The summed E-state index contributed by atoms with van der Waals surface area (Å²) in [6.07, 6.45) is 2.02. The molecule has 0 aliphatic carbocycles. The summed E-state index contributed by atoms with van der Waals surface area (Å²) in [5.74, 6) is 0.737. The normalized spacial score (nSPS) is 10.4. The molecule has 0 unspecified atom stereocenters. The highest BCUT2D eigenvalue weighted by molar-refractivity contribution is 7.99. The summed E-state index contributed by atoms with van der Waals surface area (Å²) in [4.78, 5) is 14.5. The first-order valence-electron chi connectivity index (χ1n) is 9.29. The van der Waals surface area contributed by atoms with Gasteiger partial charge in [0.1, 0.15) is 0 Å². The topological polar surface area (TPSA) is 74.8 Å². The van der Waals surface area contributed by atoms with Crippen molar-refractivity contribution in [2.45, 2.75) is 18.1 Å². The Morgan fingerprint density at radius 1 is 1.23 bits per heavy atom. The van der Waals surface area contributed by atoms with Gasteiger partial charge in [-0.15, -0.1) is 16.8 Å². The molecule has 6 nitrogen and oxygen atoms in total. The first kappa shape index (κ1) is 21.6. The third kappa shape index (κ3) is 5.29. The zero-order valence-electron chi connectivity index (χ0n) is 16.2. The summed E-state index contributed by atoms with van der Waals surface area (Å²) in [5, 5.41) is 18.7. The van der Waals surface area contributed by atoms with E-state index in [1.54, 1.807) is 17.0 Å². The fourth-order valence-electron chi connectivity index (χ4n) is 2.90. The second kappa shape index (κ2) is 10.6. The quantitative estimate of drug-likeness (QED) is 0.354. The van der Waals surface area contributed by atoms with Crippen molar-refractivity contribution in [3.8, 4) is 17.5 Å². The molecule has 1 heterocycles. The van der Waals surface area contributed by atoms with Crippen LogP contribution in [0.5, 0.6) is 0 Å². The van der Waals surface area contributed by atoms with E-state index in [9.17, 15) is 4.79 Å². The van der Waals surface area contributed by atoms with E-state index in [-0.39, 0.29) is 18.1 Å². The van der Waals surface area contributed by atoms with E-state index >= 15 is 0 Å². The molecule has 30 heavy (non-hydrogen) atoms. The lowest BCUT2D eigenvalue weighted by atomic mass is 10.2. The number of anilines is 1. The van der Waals surface area contributed by atoms with Gasteiger partial charge in [-0.3, -0.25) is 9.36 Å². The van der Waals surface area contributed by atoms with Gasteiger partial charge in [-0.2, -0.15) is 5.26 Å². The van der Waals surface area contributed by atoms with E-state index in [0.717, 1.165) is 11.3 Å². The molecule has 0 aliphatic heterocycles. The molecule has 3 aromatic rings. The largest absolute Gasteiger partial charge is 0.311 e. The van der Waals surface area contributed by atoms with E-state index in [2.05, 4.69) is 22.8 Å². The van der Waals surface area contributed by atoms with Crippen LogP contribution >= 0.6 is 23.4 Å². The third-order valence-electron chi connectivity index (χ3n) is 4.25. The average Bonchev–Trinajstić information content (AvgIpc) is 3.16. The maximum atomic E-state index is 12.9. The van der Waals surface area contributed by atoms with Gasteiger partial charge < -0.3 is 4.90 Å². The van der Waals surface area contributed by atoms with Crippen molar-refractivity contribution in [3.05, 3.63) is 72.3 Å². The SMILES string of the molecule is C=CCn1c(SCC(=O)N(CCC#N)c2ccccc2)nnc1-c1cccc(Cl)c1. The summed E-state index contributed by atoms with van der Waals surface area (Å²) < 4.78 is 1.90. The van der Waals surface area contributed by atoms with Crippen LogP contribution < -0.4 is 4.90 Å². The van der Waals surface area contributed by atoms with E-state index in [0.29, 0.717) is 29.1 Å². The minimum atomic E-state index is -0.0982. The van der Waals surface area contributed by atoms with Crippen LogP contribution in [0.4, 0.5) is 5.69 Å². The van der Waals surface area contributed by atoms with Crippen LogP contribution in [0.25, 0.3) is 11.4 Å². The maximum absolute atomic E-state index is 12.9. The van der Waals surface area contributed by atoms with Crippen LogP contribution in [-0.4, -0.2) is 33.0 Å². The first-order chi connectivity index (χ1) is 14.6. The second-order valence-corrected chi connectivity index (χ2v) is 7.67. The van der Waals surface area contributed by atoms with E-state index in [1.807, 2.05) is 53.1 Å². The predicted molar refractivity (Wildman–Crippen MR) is 120 cm³/mol. The zero-order chi connectivity index (χ0) is 21.3. The molecule has 0 radical (unpaired) electrons. The summed E-state index contributed by atoms with van der Waals surface area (Å²) in [5.41, 5.74) is 1.61. The Bertz CT molecular complexity index is 1060. The molecule has 0 spiro atoms. The van der Waals surface area contributed by atoms with Crippen LogP contribution in [0.15, 0.2) is 72.4 Å². The highest BCUT2D eigenvalue weighted by Crippen LogP contribution is 2.26. The molecule has 0 N–H and O–H groups in total. The molecule has 1 amide bonds. The van der Waals surface area contributed by atoms with Crippen molar-refractivity contribution in [2.75, 3.05) is 17.2 Å². The molecular weight excluding hydrogens is 418 g/mol. The number of amides is 1. The van der Waals surface area contributed by atoms with Crippen LogP contribution in [0.3, 0.4) is 0 Å². The number of hydrogen-bond acceptors (Lipinski definition) is 5. The number of nitriles is 1. The predicted octanol–water partition coefficient (Wildman–Crippen LogP) is 4.82. The number of carbonyl (C=O) groups is 1. The monoisotopic (exact) mass is 437 g/mol. The van der Waals surface area contributed by atoms with Gasteiger partial charge in [0, 0.05) is 29.4 Å². The average molecular weight is 438 g/mol. The van der Waals surface area contributed by atoms with Gasteiger partial charge in [0.2, 0.25) is 5.91 Å². The van der Waals surface area contributed by atoms with Crippen LogP contribution in [-0.2, 0) is 11.3 Å². The number of hydrogen-bond donors (Lipinski definition) is 0. The lowest BCUT2D eigenvalue weighted by Gasteiger charge is -2.21. The van der Waals surface area contributed by atoms with Gasteiger partial charge in [0.05, 0.1) is 18.2 Å². The number of halogens is 1. The Morgan fingerprint density at radius 2 is 2.03 bits per heavy atom. The van der Waals surface area contributed by atoms with Crippen LogP contribution in [0.1, 0.15) is 6.42 Å². The fourth-order valence-corrected chi connectivity index (χ4v) is 3.92. The van der Waals surface area contributed by atoms with E-state index in [4.69, 9.17) is 16.9 Å². The summed E-state index contributed by atoms with van der Waals surface area (Å²) in [6, 6.07) is 18.8. The van der Waals surface area contributed by atoms with Crippen molar-refractivity contribution < 1.29 is 4.79 Å². The molecule has 1 aromatic heterocycles. The van der Waals surface area contributed by atoms with Gasteiger partial charge in [-0.1, -0.05) is 59.8 Å². The summed E-state index contributed by atoms with van der Waals surface area (Å²) in [7, 11) is 0. The Labute approximate surface area is 184 Å². The molecule has 0 fully saturated rings. The van der Waals surface area contributed by atoms with Crippen molar-refractivity contribution >= 4 is 35.0 Å². The van der Waals surface area contributed by atoms with Crippen molar-refractivity contribution in [1.82, 2.24) is 14.8 Å². The number of benzene rings is 2. The highest BCUT2D eigenvalue weighted by atomic mass is 35.5. The van der Waals surface area contributed by atoms with Crippen molar-refractivity contribution in [2.24, 2.45) is 0 Å². The van der Waals surface area contributed by atoms with Crippen LogP contribution in [0.2, 0.25) is 5.02 Å². The van der Waals surface area contributed by atoms with Crippen LogP contribution in [0, 0.1) is 11.3 Å². The minimum Gasteiger partial charge on any atom is -0.311 e. The summed E-state index contributed by atoms with van der Waals surface area (Å²) in [6.45, 7) is 4.65. The van der Waals surface area contributed by atoms with Gasteiger partial charge in [0.15, 0.2) is 11.0 Å². The standard InChI is InChI=1S/C22H20ClN5OS/c1-2-13-28-21(17-8-6-9-18(23)15-17)25-26-22(28)30-16-20(29)27(14-7-12-24)19-10-4-3-5-11-19/h2-6,8-11,15H,1,7,13-14,16H2. The van der Waals surface area contributed by atoms with Gasteiger partial charge >= 0.3 is 0 Å². The van der Waals surface area contributed by atoms with Gasteiger partial charge in [0.25, 0.3) is 0 Å². The molecule has 0 aliphatic rings. The maximum Gasteiger partial charge on any atom is 0.237 e. The Kier molecular flexibility index (Phi) is 7.66. The molecule has 0 saturated heterocycles. The lowest BCUT2D eigenvalue weighted by Crippen LogP contribution is -2.33. The number of aromatic nitrogens is 3. The zero-order valence-corrected chi connectivity index (χ0v) is 17.8. The van der Waals surface area contributed by atoms with E-state index < -0.39 is 0 Å². The molecule has 0 bridgehead atoms. The molecule has 0 atom stereocenters. The van der Waals surface area contributed by atoms with Crippen molar-refractivity contribution in [1.29, 1.82) is 5.26 Å². The van der Waals surface area contributed by atoms with E-state index in [1.165, 1.54) is 11.8 Å². The number of rotatable bonds is 9. The Morgan fingerprint density at radius 3 is 2.73 bits per heavy atom. The van der Waals surface area contributed by atoms with Crippen molar-refractivity contribution in [3.63, 3.8) is 0 Å². The third-order valence-corrected chi connectivity index (χ3v) is 5.44. The lowest BCUT2D eigenvalue weighted by molar-refractivity contribution is -0.116. The second-order valence-electron chi connectivity index (χ2n) is 6.29. The van der Waals surface area contributed by atoms with Gasteiger partial charge in [-0.25, -0.2) is 0 Å². The number of para-hydroxylation sites is 1. The number of allylic oxidation sites excluding steroid dienone is 1. The highest BCUT2D eigenvalue weighted by Gasteiger charge is 2.19. The smallest absolute Gasteiger partial charge is 0.237 e. The summed E-state index contributed by atoms with van der Waals surface area (Å²) >= 11 is 7.42. The molecule has 152 valence electrons. The molecule has 0 saturated carbocycles.